The Kier molecular flexibility index (Phi) is 6.42. The van der Waals surface area contributed by atoms with E-state index in [1.807, 2.05) is 30.3 Å². The number of alkyl halides is 3. The first kappa shape index (κ1) is 19.7. The molecule has 1 aliphatic rings. The van der Waals surface area contributed by atoms with Gasteiger partial charge in [-0.1, -0.05) is 43.7 Å². The average molecular weight is 377 g/mol. The Labute approximate surface area is 159 Å². The number of nitrogens with zero attached hydrogens (tertiary/aromatic N) is 1. The van der Waals surface area contributed by atoms with Gasteiger partial charge in [-0.25, -0.2) is 0 Å². The molecule has 2 atom stereocenters. The fraction of sp³-hybridized carbons (Fsp3) is 0.455. The lowest BCUT2D eigenvalue weighted by molar-refractivity contribution is -0.137. The maximum Gasteiger partial charge on any atom is 0.416 e. The summed E-state index contributed by atoms with van der Waals surface area (Å²) >= 11 is 0. The summed E-state index contributed by atoms with van der Waals surface area (Å²) in [5, 5.41) is 0. The number of rotatable bonds is 6. The maximum absolute atomic E-state index is 12.8. The summed E-state index contributed by atoms with van der Waals surface area (Å²) in [7, 11) is 0. The summed E-state index contributed by atoms with van der Waals surface area (Å²) in [6.45, 7) is 5.27. The number of piperidine rings is 1. The van der Waals surface area contributed by atoms with Crippen molar-refractivity contribution in [2.75, 3.05) is 19.6 Å². The van der Waals surface area contributed by atoms with Crippen molar-refractivity contribution in [3.05, 3.63) is 65.7 Å². The fourth-order valence-corrected chi connectivity index (χ4v) is 3.67. The number of hydrogen-bond donors (Lipinski definition) is 0. The Bertz CT molecular complexity index is 694. The smallest absolute Gasteiger partial charge is 0.416 e. The van der Waals surface area contributed by atoms with Crippen LogP contribution in [0.25, 0.3) is 0 Å². The molecule has 1 saturated heterocycles. The highest BCUT2D eigenvalue weighted by Gasteiger charge is 2.30. The van der Waals surface area contributed by atoms with Gasteiger partial charge in [0.1, 0.15) is 11.9 Å². The molecule has 0 spiro atoms. The molecule has 0 saturated carbocycles. The van der Waals surface area contributed by atoms with E-state index < -0.39 is 11.7 Å². The second-order valence-corrected chi connectivity index (χ2v) is 7.31. The highest BCUT2D eigenvalue weighted by Crippen LogP contribution is 2.33. The van der Waals surface area contributed by atoms with Gasteiger partial charge in [-0.05, 0) is 55.8 Å². The van der Waals surface area contributed by atoms with E-state index >= 15 is 0 Å². The van der Waals surface area contributed by atoms with E-state index in [0.29, 0.717) is 5.75 Å². The van der Waals surface area contributed by atoms with E-state index in [1.54, 1.807) is 0 Å². The molecule has 146 valence electrons. The van der Waals surface area contributed by atoms with Crippen molar-refractivity contribution < 1.29 is 17.9 Å². The molecular weight excluding hydrogens is 351 g/mol. The van der Waals surface area contributed by atoms with E-state index in [9.17, 15) is 13.2 Å². The van der Waals surface area contributed by atoms with Gasteiger partial charge in [-0.2, -0.15) is 13.2 Å². The van der Waals surface area contributed by atoms with Crippen LogP contribution in [0.1, 0.15) is 43.4 Å². The van der Waals surface area contributed by atoms with E-state index in [4.69, 9.17) is 4.74 Å². The van der Waals surface area contributed by atoms with E-state index in [-0.39, 0.29) is 12.0 Å². The SMILES string of the molecule is CC(CN1CCCCC1)C(Oc1ccc(C(F)(F)F)cc1)c1ccccc1. The minimum atomic E-state index is -4.33. The lowest BCUT2D eigenvalue weighted by Crippen LogP contribution is -2.36. The Morgan fingerprint density at radius 1 is 0.926 bits per heavy atom. The van der Waals surface area contributed by atoms with Gasteiger partial charge in [0.2, 0.25) is 0 Å². The molecule has 0 aromatic heterocycles. The normalized spacial score (nSPS) is 18.1. The summed E-state index contributed by atoms with van der Waals surface area (Å²) in [6, 6.07) is 14.9. The Balaban J connectivity index is 1.75. The van der Waals surface area contributed by atoms with Crippen LogP contribution in [-0.2, 0) is 6.18 Å². The van der Waals surface area contributed by atoms with Gasteiger partial charge in [0.05, 0.1) is 5.56 Å². The molecule has 2 aromatic rings. The summed E-state index contributed by atoms with van der Waals surface area (Å²) in [4.78, 5) is 2.46. The molecule has 0 radical (unpaired) electrons. The molecule has 27 heavy (non-hydrogen) atoms. The second kappa shape index (κ2) is 8.79. The van der Waals surface area contributed by atoms with Crippen molar-refractivity contribution in [1.82, 2.24) is 4.90 Å². The van der Waals surface area contributed by atoms with Crippen LogP contribution in [0.5, 0.6) is 5.75 Å². The highest BCUT2D eigenvalue weighted by atomic mass is 19.4. The van der Waals surface area contributed by atoms with Crippen LogP contribution >= 0.6 is 0 Å². The van der Waals surface area contributed by atoms with Crippen molar-refractivity contribution in [3.8, 4) is 5.75 Å². The molecule has 0 amide bonds. The third-order valence-electron chi connectivity index (χ3n) is 5.08. The molecule has 0 bridgehead atoms. The summed E-state index contributed by atoms with van der Waals surface area (Å²) < 4.78 is 44.5. The van der Waals surface area contributed by atoms with Crippen molar-refractivity contribution >= 4 is 0 Å². The summed E-state index contributed by atoms with van der Waals surface area (Å²) in [5.41, 5.74) is 0.384. The van der Waals surface area contributed by atoms with E-state index in [2.05, 4.69) is 11.8 Å². The largest absolute Gasteiger partial charge is 0.485 e. The van der Waals surface area contributed by atoms with Crippen LogP contribution < -0.4 is 4.74 Å². The maximum atomic E-state index is 12.8. The van der Waals surface area contributed by atoms with E-state index in [1.165, 1.54) is 31.4 Å². The predicted octanol–water partition coefficient (Wildman–Crippen LogP) is 5.95. The molecule has 1 fully saturated rings. The van der Waals surface area contributed by atoms with Crippen LogP contribution in [0.2, 0.25) is 0 Å². The molecule has 2 nitrogen and oxygen atoms in total. The zero-order chi connectivity index (χ0) is 19.3. The average Bonchev–Trinajstić information content (AvgIpc) is 2.67. The number of ether oxygens (including phenoxy) is 1. The van der Waals surface area contributed by atoms with Gasteiger partial charge in [0.25, 0.3) is 0 Å². The summed E-state index contributed by atoms with van der Waals surface area (Å²) in [5.74, 6) is 0.676. The monoisotopic (exact) mass is 377 g/mol. The van der Waals surface area contributed by atoms with Crippen LogP contribution in [0.3, 0.4) is 0 Å². The highest BCUT2D eigenvalue weighted by molar-refractivity contribution is 5.30. The minimum Gasteiger partial charge on any atom is -0.485 e. The van der Waals surface area contributed by atoms with Gasteiger partial charge in [0.15, 0.2) is 0 Å². The summed E-state index contributed by atoms with van der Waals surface area (Å²) in [6.07, 6.45) is -0.802. The van der Waals surface area contributed by atoms with Crippen molar-refractivity contribution in [3.63, 3.8) is 0 Å². The van der Waals surface area contributed by atoms with Gasteiger partial charge in [-0.3, -0.25) is 0 Å². The van der Waals surface area contributed by atoms with Gasteiger partial charge >= 0.3 is 6.18 Å². The topological polar surface area (TPSA) is 12.5 Å². The quantitative estimate of drug-likeness (QED) is 0.617. The third-order valence-corrected chi connectivity index (χ3v) is 5.08. The van der Waals surface area contributed by atoms with Crippen LogP contribution in [-0.4, -0.2) is 24.5 Å². The lowest BCUT2D eigenvalue weighted by Gasteiger charge is -2.33. The molecule has 2 aromatic carbocycles. The number of likely N-dealkylation sites (tertiary alicyclic amines) is 1. The van der Waals surface area contributed by atoms with Crippen LogP contribution in [0.4, 0.5) is 13.2 Å². The molecule has 0 aliphatic carbocycles. The fourth-order valence-electron chi connectivity index (χ4n) is 3.67. The first-order valence-electron chi connectivity index (χ1n) is 9.55. The van der Waals surface area contributed by atoms with Crippen molar-refractivity contribution in [1.29, 1.82) is 0 Å². The lowest BCUT2D eigenvalue weighted by atomic mass is 9.95. The third kappa shape index (κ3) is 5.48. The molecule has 1 aliphatic heterocycles. The van der Waals surface area contributed by atoms with Gasteiger partial charge in [-0.15, -0.1) is 0 Å². The van der Waals surface area contributed by atoms with Crippen LogP contribution in [0.15, 0.2) is 54.6 Å². The van der Waals surface area contributed by atoms with E-state index in [0.717, 1.165) is 37.3 Å². The molecule has 1 heterocycles. The van der Waals surface area contributed by atoms with Crippen molar-refractivity contribution in [2.45, 2.75) is 38.5 Å². The minimum absolute atomic E-state index is 0.204. The van der Waals surface area contributed by atoms with Crippen LogP contribution in [0, 0.1) is 5.92 Å². The standard InChI is InChI=1S/C22H26F3NO/c1-17(16-26-14-6-3-7-15-26)21(18-8-4-2-5-9-18)27-20-12-10-19(11-13-20)22(23,24)25/h2,4-5,8-13,17,21H,3,6-7,14-16H2,1H3. The zero-order valence-electron chi connectivity index (χ0n) is 15.6. The Morgan fingerprint density at radius 3 is 2.15 bits per heavy atom. The second-order valence-electron chi connectivity index (χ2n) is 7.31. The number of hydrogen-bond acceptors (Lipinski definition) is 2. The zero-order valence-corrected chi connectivity index (χ0v) is 15.6. The Hall–Kier alpha value is -2.01. The molecule has 5 heteroatoms. The van der Waals surface area contributed by atoms with Gasteiger partial charge < -0.3 is 9.64 Å². The predicted molar refractivity (Wildman–Crippen MR) is 101 cm³/mol. The van der Waals surface area contributed by atoms with Gasteiger partial charge in [0, 0.05) is 12.5 Å². The first-order chi connectivity index (χ1) is 12.9. The Morgan fingerprint density at radius 2 is 1.56 bits per heavy atom. The first-order valence-corrected chi connectivity index (χ1v) is 9.55. The molecule has 3 rings (SSSR count). The molecule has 0 N–H and O–H groups in total. The molecular formula is C22H26F3NO. The number of halogens is 3. The van der Waals surface area contributed by atoms with Crippen molar-refractivity contribution in [2.24, 2.45) is 5.92 Å². The molecule has 2 unspecified atom stereocenters. The number of benzene rings is 2.